The van der Waals surface area contributed by atoms with Crippen LogP contribution < -0.4 is 5.73 Å². The molecule has 0 aliphatic heterocycles. The van der Waals surface area contributed by atoms with Crippen LogP contribution in [0.5, 0.6) is 0 Å². The minimum absolute atomic E-state index is 0.168. The quantitative estimate of drug-likeness (QED) is 0.740. The Balaban J connectivity index is 2.64. The fourth-order valence-electron chi connectivity index (χ4n) is 0.900. The molecule has 0 saturated carbocycles. The number of hydrogen-bond donors (Lipinski definition) is 1. The van der Waals surface area contributed by atoms with Crippen LogP contribution in [0.2, 0.25) is 0 Å². The van der Waals surface area contributed by atoms with Gasteiger partial charge in [0, 0.05) is 6.42 Å². The van der Waals surface area contributed by atoms with Crippen molar-refractivity contribution in [2.75, 3.05) is 0 Å². The van der Waals surface area contributed by atoms with Crippen LogP contribution in [0, 0.1) is 5.92 Å². The lowest BCUT2D eigenvalue weighted by molar-refractivity contribution is 0.355. The van der Waals surface area contributed by atoms with Crippen molar-refractivity contribution in [2.45, 2.75) is 33.2 Å². The average Bonchev–Trinajstić information content (AvgIpc) is 2.34. The van der Waals surface area contributed by atoms with Crippen molar-refractivity contribution in [2.24, 2.45) is 11.7 Å². The Morgan fingerprint density at radius 2 is 2.08 bits per heavy atom. The topological polar surface area (TPSA) is 64.9 Å². The van der Waals surface area contributed by atoms with Crippen LogP contribution in [-0.4, -0.2) is 10.1 Å². The molecule has 0 spiro atoms. The predicted molar refractivity (Wildman–Crippen MR) is 45.4 cm³/mol. The molecule has 1 unspecified atom stereocenters. The summed E-state index contributed by atoms with van der Waals surface area (Å²) in [6, 6.07) is -0.168. The van der Waals surface area contributed by atoms with Gasteiger partial charge in [0.1, 0.15) is 0 Å². The molecule has 0 aliphatic rings. The molecule has 4 heteroatoms. The zero-order valence-electron chi connectivity index (χ0n) is 7.74. The summed E-state index contributed by atoms with van der Waals surface area (Å²) < 4.78 is 4.94. The highest BCUT2D eigenvalue weighted by Gasteiger charge is 2.10. The second kappa shape index (κ2) is 3.67. The summed E-state index contributed by atoms with van der Waals surface area (Å²) in [6.07, 6.45) is 0.843. The predicted octanol–water partition coefficient (Wildman–Crippen LogP) is 1.29. The van der Waals surface area contributed by atoms with E-state index in [9.17, 15) is 0 Å². The number of hydrogen-bond acceptors (Lipinski definition) is 4. The second-order valence-corrected chi connectivity index (χ2v) is 3.44. The Hall–Kier alpha value is -0.900. The van der Waals surface area contributed by atoms with Gasteiger partial charge in [-0.3, -0.25) is 0 Å². The van der Waals surface area contributed by atoms with E-state index in [1.165, 1.54) is 0 Å². The maximum absolute atomic E-state index is 5.56. The van der Waals surface area contributed by atoms with Crippen molar-refractivity contribution in [1.29, 1.82) is 0 Å². The summed E-state index contributed by atoms with van der Waals surface area (Å²) in [7, 11) is 0. The van der Waals surface area contributed by atoms with Crippen LogP contribution in [0.25, 0.3) is 0 Å². The molecule has 0 aliphatic carbocycles. The smallest absolute Gasteiger partial charge is 0.243 e. The molecule has 0 saturated heterocycles. The third-order valence-corrected chi connectivity index (χ3v) is 1.46. The van der Waals surface area contributed by atoms with Gasteiger partial charge < -0.3 is 10.3 Å². The van der Waals surface area contributed by atoms with E-state index >= 15 is 0 Å². The van der Waals surface area contributed by atoms with Gasteiger partial charge in [-0.15, -0.1) is 0 Å². The Morgan fingerprint density at radius 3 is 2.50 bits per heavy atom. The molecule has 0 aromatic carbocycles. The number of aromatic nitrogens is 2. The normalized spacial score (nSPS) is 13.8. The Labute approximate surface area is 72.1 Å². The molecule has 0 radical (unpaired) electrons. The van der Waals surface area contributed by atoms with Gasteiger partial charge in [-0.05, 0) is 12.8 Å². The van der Waals surface area contributed by atoms with Gasteiger partial charge in [0.25, 0.3) is 0 Å². The van der Waals surface area contributed by atoms with E-state index in [0.717, 1.165) is 12.2 Å². The molecule has 2 N–H and O–H groups in total. The van der Waals surface area contributed by atoms with Gasteiger partial charge in [-0.25, -0.2) is 0 Å². The maximum atomic E-state index is 5.56. The van der Waals surface area contributed by atoms with Crippen molar-refractivity contribution < 1.29 is 4.52 Å². The van der Waals surface area contributed by atoms with E-state index in [1.54, 1.807) is 0 Å². The summed E-state index contributed by atoms with van der Waals surface area (Å²) in [6.45, 7) is 6.05. The first-order valence-corrected chi connectivity index (χ1v) is 4.17. The molecule has 1 rings (SSSR count). The average molecular weight is 169 g/mol. The van der Waals surface area contributed by atoms with Gasteiger partial charge in [0.2, 0.25) is 5.89 Å². The van der Waals surface area contributed by atoms with Crippen LogP contribution in [0.3, 0.4) is 0 Å². The molecule has 1 atom stereocenters. The Kier molecular flexibility index (Phi) is 2.81. The summed E-state index contributed by atoms with van der Waals surface area (Å²) in [5.74, 6) is 1.81. The molecule has 1 heterocycles. The van der Waals surface area contributed by atoms with Gasteiger partial charge >= 0.3 is 0 Å². The summed E-state index contributed by atoms with van der Waals surface area (Å²) in [5.41, 5.74) is 5.56. The largest absolute Gasteiger partial charge is 0.338 e. The lowest BCUT2D eigenvalue weighted by atomic mass is 10.1. The minimum atomic E-state index is -0.168. The lowest BCUT2D eigenvalue weighted by Crippen LogP contribution is -2.05. The number of nitrogens with two attached hydrogens (primary N) is 1. The van der Waals surface area contributed by atoms with Gasteiger partial charge in [-0.1, -0.05) is 19.0 Å². The van der Waals surface area contributed by atoms with E-state index in [2.05, 4.69) is 24.0 Å². The molecule has 0 amide bonds. The highest BCUT2D eigenvalue weighted by atomic mass is 16.5. The van der Waals surface area contributed by atoms with Crippen LogP contribution >= 0.6 is 0 Å². The molecular weight excluding hydrogens is 154 g/mol. The first-order chi connectivity index (χ1) is 5.59. The van der Waals surface area contributed by atoms with E-state index in [1.807, 2.05) is 6.92 Å². The highest BCUT2D eigenvalue weighted by molar-refractivity contribution is 4.90. The van der Waals surface area contributed by atoms with Crippen molar-refractivity contribution in [3.63, 3.8) is 0 Å². The van der Waals surface area contributed by atoms with E-state index in [4.69, 9.17) is 10.3 Å². The van der Waals surface area contributed by atoms with Gasteiger partial charge in [-0.2, -0.15) is 4.98 Å². The van der Waals surface area contributed by atoms with Crippen LogP contribution in [0.1, 0.15) is 38.5 Å². The third kappa shape index (κ3) is 2.30. The van der Waals surface area contributed by atoms with Crippen molar-refractivity contribution >= 4 is 0 Å². The van der Waals surface area contributed by atoms with Gasteiger partial charge in [0.05, 0.1) is 6.04 Å². The summed E-state index contributed by atoms with van der Waals surface area (Å²) >= 11 is 0. The molecular formula is C8H15N3O. The molecule has 68 valence electrons. The molecule has 1 aromatic heterocycles. The van der Waals surface area contributed by atoms with Crippen molar-refractivity contribution in [3.8, 4) is 0 Å². The summed E-state index contributed by atoms with van der Waals surface area (Å²) in [4.78, 5) is 4.15. The monoisotopic (exact) mass is 169 g/mol. The fraction of sp³-hybridized carbons (Fsp3) is 0.750. The Morgan fingerprint density at radius 1 is 1.42 bits per heavy atom. The zero-order chi connectivity index (χ0) is 9.14. The molecule has 4 nitrogen and oxygen atoms in total. The lowest BCUT2D eigenvalue weighted by Gasteiger charge is -1.96. The second-order valence-electron chi connectivity index (χ2n) is 3.44. The molecule has 0 fully saturated rings. The summed E-state index contributed by atoms with van der Waals surface area (Å²) in [5, 5.41) is 3.81. The maximum Gasteiger partial charge on any atom is 0.243 e. The van der Waals surface area contributed by atoms with Gasteiger partial charge in [0.15, 0.2) is 5.82 Å². The highest BCUT2D eigenvalue weighted by Crippen LogP contribution is 2.08. The van der Waals surface area contributed by atoms with E-state index < -0.39 is 0 Å². The van der Waals surface area contributed by atoms with E-state index in [-0.39, 0.29) is 6.04 Å². The first-order valence-electron chi connectivity index (χ1n) is 4.17. The minimum Gasteiger partial charge on any atom is -0.338 e. The fourth-order valence-corrected chi connectivity index (χ4v) is 0.900. The van der Waals surface area contributed by atoms with Crippen molar-refractivity contribution in [1.82, 2.24) is 10.1 Å². The third-order valence-electron chi connectivity index (χ3n) is 1.46. The van der Waals surface area contributed by atoms with Crippen LogP contribution in [0.15, 0.2) is 4.52 Å². The zero-order valence-corrected chi connectivity index (χ0v) is 7.74. The van der Waals surface area contributed by atoms with Crippen molar-refractivity contribution in [3.05, 3.63) is 11.7 Å². The number of rotatable bonds is 3. The van der Waals surface area contributed by atoms with Crippen LogP contribution in [0.4, 0.5) is 0 Å². The SMILES string of the molecule is CC(C)Cc1noc(C(C)N)n1. The van der Waals surface area contributed by atoms with E-state index in [0.29, 0.717) is 11.8 Å². The van der Waals surface area contributed by atoms with Crippen LogP contribution in [-0.2, 0) is 6.42 Å². The molecule has 12 heavy (non-hydrogen) atoms. The standard InChI is InChI=1S/C8H15N3O/c1-5(2)4-7-10-8(6(3)9)12-11-7/h5-6H,4,9H2,1-3H3. The number of nitrogens with zero attached hydrogens (tertiary/aromatic N) is 2. The molecule has 1 aromatic rings. The Bertz CT molecular complexity index is 242. The molecule has 0 bridgehead atoms. The first kappa shape index (κ1) is 9.19.